The molecule has 0 N–H and O–H groups in total. The van der Waals surface area contributed by atoms with Crippen LogP contribution in [-0.2, 0) is 20.8 Å². The van der Waals surface area contributed by atoms with Gasteiger partial charge in [-0.2, -0.15) is 0 Å². The van der Waals surface area contributed by atoms with Crippen molar-refractivity contribution >= 4 is 5.97 Å². The quantitative estimate of drug-likeness (QED) is 0.679. The van der Waals surface area contributed by atoms with Crippen molar-refractivity contribution in [2.24, 2.45) is 0 Å². The number of ether oxygens (including phenoxy) is 2. The fraction of sp³-hybridized carbons (Fsp3) is 0.556. The second kappa shape index (κ2) is 8.31. The lowest BCUT2D eigenvalue weighted by Gasteiger charge is -2.24. The molecule has 2 aromatic rings. The van der Waals surface area contributed by atoms with Gasteiger partial charge in [-0.25, -0.2) is 4.98 Å². The molecule has 1 unspecified atom stereocenters. The number of nitrogens with zero attached hydrogens (tertiary/aromatic N) is 2. The summed E-state index contributed by atoms with van der Waals surface area (Å²) in [7, 11) is 1.41. The molecule has 3 rings (SSSR count). The first kappa shape index (κ1) is 17.7. The lowest BCUT2D eigenvalue weighted by Crippen LogP contribution is -2.34. The molecule has 0 aromatic carbocycles. The van der Waals surface area contributed by atoms with Gasteiger partial charge in [0.15, 0.2) is 5.76 Å². The molecule has 7 nitrogen and oxygen atoms in total. The summed E-state index contributed by atoms with van der Waals surface area (Å²) in [6, 6.07) is 3.62. The van der Waals surface area contributed by atoms with Gasteiger partial charge in [0.1, 0.15) is 5.76 Å². The van der Waals surface area contributed by atoms with E-state index in [0.29, 0.717) is 31.2 Å². The van der Waals surface area contributed by atoms with Crippen molar-refractivity contribution < 1.29 is 23.1 Å². The van der Waals surface area contributed by atoms with Gasteiger partial charge in [0, 0.05) is 26.2 Å². The zero-order chi connectivity index (χ0) is 17.6. The Kier molecular flexibility index (Phi) is 5.88. The number of rotatable bonds is 8. The normalized spacial score (nSPS) is 17.3. The van der Waals surface area contributed by atoms with Crippen molar-refractivity contribution in [3.05, 3.63) is 29.9 Å². The fourth-order valence-electron chi connectivity index (χ4n) is 2.95. The molecule has 1 aliphatic rings. The molecule has 0 aliphatic carbocycles. The van der Waals surface area contributed by atoms with Gasteiger partial charge >= 0.3 is 5.97 Å². The third-order valence-corrected chi connectivity index (χ3v) is 4.34. The van der Waals surface area contributed by atoms with Crippen molar-refractivity contribution in [3.63, 3.8) is 0 Å². The predicted octanol–water partition coefficient (Wildman–Crippen LogP) is 2.79. The number of carbonyl (C=O) groups excluding carboxylic acids is 1. The predicted molar refractivity (Wildman–Crippen MR) is 89.8 cm³/mol. The number of aryl methyl sites for hydroxylation is 1. The largest absolute Gasteiger partial charge is 0.469 e. The van der Waals surface area contributed by atoms with Crippen molar-refractivity contribution in [1.82, 2.24) is 9.88 Å². The Morgan fingerprint density at radius 3 is 3.04 bits per heavy atom. The SMILES string of the molecule is COC(=O)CCN(Cc1nc(-c2ccco2)oc1C)CC1CCCO1. The highest BCUT2D eigenvalue weighted by Gasteiger charge is 2.22. The Labute approximate surface area is 146 Å². The van der Waals surface area contributed by atoms with Crippen LogP contribution in [0, 0.1) is 6.92 Å². The molecule has 7 heteroatoms. The third-order valence-electron chi connectivity index (χ3n) is 4.34. The van der Waals surface area contributed by atoms with Crippen molar-refractivity contribution in [2.45, 2.75) is 38.8 Å². The summed E-state index contributed by atoms with van der Waals surface area (Å²) in [5, 5.41) is 0. The maximum absolute atomic E-state index is 11.5. The van der Waals surface area contributed by atoms with Gasteiger partial charge in [-0.15, -0.1) is 0 Å². The minimum atomic E-state index is -0.217. The summed E-state index contributed by atoms with van der Waals surface area (Å²) in [6.07, 6.45) is 4.26. The summed E-state index contributed by atoms with van der Waals surface area (Å²) in [5.41, 5.74) is 0.842. The van der Waals surface area contributed by atoms with Crippen LogP contribution in [-0.4, -0.2) is 48.8 Å². The van der Waals surface area contributed by atoms with E-state index in [1.54, 1.807) is 12.3 Å². The van der Waals surface area contributed by atoms with Gasteiger partial charge in [-0.1, -0.05) is 0 Å². The summed E-state index contributed by atoms with van der Waals surface area (Å²) in [5.74, 6) is 1.62. The van der Waals surface area contributed by atoms with Gasteiger partial charge in [0.2, 0.25) is 0 Å². The van der Waals surface area contributed by atoms with E-state index in [0.717, 1.165) is 37.4 Å². The molecule has 0 bridgehead atoms. The van der Waals surface area contributed by atoms with E-state index >= 15 is 0 Å². The van der Waals surface area contributed by atoms with Crippen LogP contribution in [0.25, 0.3) is 11.7 Å². The van der Waals surface area contributed by atoms with Gasteiger partial charge < -0.3 is 18.3 Å². The molecule has 1 fully saturated rings. The van der Waals surface area contributed by atoms with Crippen LogP contribution in [0.4, 0.5) is 0 Å². The first-order chi connectivity index (χ1) is 12.2. The van der Waals surface area contributed by atoms with Crippen molar-refractivity contribution in [3.8, 4) is 11.7 Å². The smallest absolute Gasteiger partial charge is 0.306 e. The van der Waals surface area contributed by atoms with Crippen LogP contribution in [0.5, 0.6) is 0 Å². The molecular formula is C18H24N2O5. The maximum Gasteiger partial charge on any atom is 0.306 e. The number of methoxy groups -OCH3 is 1. The molecular weight excluding hydrogens is 324 g/mol. The summed E-state index contributed by atoms with van der Waals surface area (Å²) in [6.45, 7) is 4.64. The topological polar surface area (TPSA) is 77.9 Å². The van der Waals surface area contributed by atoms with Gasteiger partial charge in [-0.3, -0.25) is 9.69 Å². The van der Waals surface area contributed by atoms with E-state index in [1.165, 1.54) is 7.11 Å². The highest BCUT2D eigenvalue weighted by Crippen LogP contribution is 2.23. The number of aromatic nitrogens is 1. The second-order valence-electron chi connectivity index (χ2n) is 6.20. The highest BCUT2D eigenvalue weighted by atomic mass is 16.5. The van der Waals surface area contributed by atoms with Crippen LogP contribution < -0.4 is 0 Å². The second-order valence-corrected chi connectivity index (χ2v) is 6.20. The standard InChI is InChI=1S/C18H24N2O5/c1-13-15(19-18(25-13)16-6-4-10-24-16)12-20(8-7-17(21)22-2)11-14-5-3-9-23-14/h4,6,10,14H,3,5,7-9,11-12H2,1-2H3. The number of hydrogen-bond acceptors (Lipinski definition) is 7. The summed E-state index contributed by atoms with van der Waals surface area (Å²) < 4.78 is 21.6. The third kappa shape index (κ3) is 4.70. The maximum atomic E-state index is 11.5. The molecule has 0 saturated carbocycles. The number of oxazole rings is 1. The molecule has 136 valence electrons. The van der Waals surface area contributed by atoms with Gasteiger partial charge in [0.05, 0.1) is 31.6 Å². The number of hydrogen-bond donors (Lipinski definition) is 0. The van der Waals surface area contributed by atoms with E-state index in [1.807, 2.05) is 13.0 Å². The van der Waals surface area contributed by atoms with E-state index in [2.05, 4.69) is 9.88 Å². The number of carbonyl (C=O) groups is 1. The molecule has 1 atom stereocenters. The van der Waals surface area contributed by atoms with Crippen LogP contribution >= 0.6 is 0 Å². The Morgan fingerprint density at radius 1 is 1.48 bits per heavy atom. The number of esters is 1. The number of furan rings is 1. The van der Waals surface area contributed by atoms with Crippen LogP contribution in [0.3, 0.4) is 0 Å². The van der Waals surface area contributed by atoms with E-state index in [4.69, 9.17) is 18.3 Å². The van der Waals surface area contributed by atoms with E-state index in [9.17, 15) is 4.79 Å². The van der Waals surface area contributed by atoms with Crippen LogP contribution in [0.1, 0.15) is 30.7 Å². The lowest BCUT2D eigenvalue weighted by atomic mass is 10.2. The van der Waals surface area contributed by atoms with Crippen molar-refractivity contribution in [1.29, 1.82) is 0 Å². The molecule has 0 spiro atoms. The fourth-order valence-corrected chi connectivity index (χ4v) is 2.95. The van der Waals surface area contributed by atoms with E-state index < -0.39 is 0 Å². The average Bonchev–Trinajstić information content (AvgIpc) is 3.35. The Morgan fingerprint density at radius 2 is 2.36 bits per heavy atom. The first-order valence-corrected chi connectivity index (χ1v) is 8.56. The monoisotopic (exact) mass is 348 g/mol. The molecule has 25 heavy (non-hydrogen) atoms. The molecule has 0 amide bonds. The Hall–Kier alpha value is -2.12. The summed E-state index contributed by atoms with van der Waals surface area (Å²) >= 11 is 0. The molecule has 1 saturated heterocycles. The van der Waals surface area contributed by atoms with Gasteiger partial charge in [0.25, 0.3) is 5.89 Å². The van der Waals surface area contributed by atoms with E-state index in [-0.39, 0.29) is 12.1 Å². The lowest BCUT2D eigenvalue weighted by molar-refractivity contribution is -0.141. The first-order valence-electron chi connectivity index (χ1n) is 8.56. The highest BCUT2D eigenvalue weighted by molar-refractivity contribution is 5.69. The van der Waals surface area contributed by atoms with Gasteiger partial charge in [-0.05, 0) is 31.9 Å². The minimum Gasteiger partial charge on any atom is -0.469 e. The average molecular weight is 348 g/mol. The minimum absolute atomic E-state index is 0.203. The molecule has 1 aliphatic heterocycles. The molecule has 0 radical (unpaired) electrons. The van der Waals surface area contributed by atoms with Crippen LogP contribution in [0.2, 0.25) is 0 Å². The Bertz CT molecular complexity index is 674. The molecule has 2 aromatic heterocycles. The zero-order valence-corrected chi connectivity index (χ0v) is 14.7. The Balaban J connectivity index is 1.68. The molecule has 3 heterocycles. The van der Waals surface area contributed by atoms with Crippen LogP contribution in [0.15, 0.2) is 27.2 Å². The zero-order valence-electron chi connectivity index (χ0n) is 14.7. The van der Waals surface area contributed by atoms with Crippen molar-refractivity contribution in [2.75, 3.05) is 26.8 Å². The summed E-state index contributed by atoms with van der Waals surface area (Å²) in [4.78, 5) is 18.2.